The highest BCUT2D eigenvalue weighted by molar-refractivity contribution is 6.67. The fourth-order valence-corrected chi connectivity index (χ4v) is 2.50. The Bertz CT molecular complexity index is 863. The Hall–Kier alpha value is -3.63. The van der Waals surface area contributed by atoms with E-state index in [1.807, 2.05) is 24.3 Å². The lowest BCUT2D eigenvalue weighted by atomic mass is 10.0. The Kier molecular flexibility index (Phi) is 9.10. The molecule has 0 fully saturated rings. The lowest BCUT2D eigenvalue weighted by molar-refractivity contribution is 0.0672. The maximum Gasteiger partial charge on any atom is 0.280 e. The zero-order valence-corrected chi connectivity index (χ0v) is 17.6. The van der Waals surface area contributed by atoms with Gasteiger partial charge in [0.15, 0.2) is 18.0 Å². The molecular formula is C19H25N5O6. The molecule has 11 heteroatoms. The van der Waals surface area contributed by atoms with Gasteiger partial charge in [-0.2, -0.15) is 0 Å². The van der Waals surface area contributed by atoms with Crippen molar-refractivity contribution >= 4 is 28.7 Å². The van der Waals surface area contributed by atoms with Crippen molar-refractivity contribution < 1.29 is 28.9 Å². The molecule has 1 aliphatic heterocycles. The van der Waals surface area contributed by atoms with E-state index in [2.05, 4.69) is 25.8 Å². The summed E-state index contributed by atoms with van der Waals surface area (Å²) < 4.78 is 5.54. The van der Waals surface area contributed by atoms with Gasteiger partial charge in [0.1, 0.15) is 46.0 Å². The van der Waals surface area contributed by atoms with Gasteiger partial charge in [-0.05, 0) is 19.0 Å². The maximum absolute atomic E-state index is 5.54. The summed E-state index contributed by atoms with van der Waals surface area (Å²) in [5, 5.41) is 19.8. The molecule has 1 aromatic carbocycles. The molecule has 0 N–H and O–H groups in total. The monoisotopic (exact) mass is 419 g/mol. The minimum absolute atomic E-state index is 0.144. The van der Waals surface area contributed by atoms with Crippen LogP contribution in [0.1, 0.15) is 25.0 Å². The van der Waals surface area contributed by atoms with Gasteiger partial charge in [0.25, 0.3) is 5.90 Å². The maximum atomic E-state index is 5.54. The van der Waals surface area contributed by atoms with E-state index in [0.717, 1.165) is 5.56 Å². The van der Waals surface area contributed by atoms with Gasteiger partial charge in [0, 0.05) is 11.1 Å². The zero-order chi connectivity index (χ0) is 21.8. The van der Waals surface area contributed by atoms with Gasteiger partial charge < -0.3 is 28.9 Å². The smallest absolute Gasteiger partial charge is 0.280 e. The van der Waals surface area contributed by atoms with E-state index in [1.165, 1.54) is 21.3 Å². The van der Waals surface area contributed by atoms with Gasteiger partial charge in [-0.1, -0.05) is 44.9 Å². The summed E-state index contributed by atoms with van der Waals surface area (Å²) in [7, 11) is 4.32. The summed E-state index contributed by atoms with van der Waals surface area (Å²) in [5.41, 5.74) is 3.24. The molecule has 0 unspecified atom stereocenters. The molecule has 0 amide bonds. The van der Waals surface area contributed by atoms with Crippen molar-refractivity contribution in [1.29, 1.82) is 0 Å². The number of hydrogen-bond acceptors (Lipinski definition) is 11. The first-order valence-corrected chi connectivity index (χ1v) is 9.01. The Morgan fingerprint density at radius 1 is 0.933 bits per heavy atom. The van der Waals surface area contributed by atoms with E-state index in [0.29, 0.717) is 41.6 Å². The summed E-state index contributed by atoms with van der Waals surface area (Å²) >= 11 is 0. The molecule has 11 nitrogen and oxygen atoms in total. The third kappa shape index (κ3) is 6.19. The van der Waals surface area contributed by atoms with Crippen molar-refractivity contribution in [2.75, 3.05) is 34.5 Å². The van der Waals surface area contributed by atoms with Gasteiger partial charge in [-0.15, -0.1) is 0 Å². The lowest BCUT2D eigenvalue weighted by Crippen LogP contribution is -2.26. The van der Waals surface area contributed by atoms with Crippen molar-refractivity contribution in [2.24, 2.45) is 25.8 Å². The average molecular weight is 419 g/mol. The van der Waals surface area contributed by atoms with Crippen LogP contribution in [-0.2, 0) is 35.5 Å². The minimum atomic E-state index is 0.144. The van der Waals surface area contributed by atoms with Crippen LogP contribution in [-0.4, -0.2) is 63.3 Å². The van der Waals surface area contributed by atoms with Gasteiger partial charge in [-0.3, -0.25) is 0 Å². The minimum Gasteiger partial charge on any atom is -0.470 e. The molecule has 1 aliphatic rings. The van der Waals surface area contributed by atoms with E-state index in [1.54, 1.807) is 13.8 Å². The van der Waals surface area contributed by atoms with Crippen LogP contribution in [0.25, 0.3) is 0 Å². The van der Waals surface area contributed by atoms with Crippen molar-refractivity contribution in [1.82, 2.24) is 0 Å². The first kappa shape index (κ1) is 22.7. The third-order valence-corrected chi connectivity index (χ3v) is 3.74. The molecule has 0 bridgehead atoms. The largest absolute Gasteiger partial charge is 0.470 e. The van der Waals surface area contributed by atoms with Gasteiger partial charge in [-0.25, -0.2) is 0 Å². The molecule has 162 valence electrons. The number of rotatable bonds is 10. The standard InChI is InChI=1S/C19H25N5O6/c1-13(20-25-3)17(22-26-4)14(2)21-30-12-15-8-6-7-9-16(15)18(23-27-5)19-24-29-11-10-28-19/h6-9H,10-12H2,1-5H3/b20-13+,21-14+,22-17+,23-18+. The van der Waals surface area contributed by atoms with Gasteiger partial charge in [0.2, 0.25) is 0 Å². The summed E-state index contributed by atoms with van der Waals surface area (Å²) in [6, 6.07) is 7.45. The van der Waals surface area contributed by atoms with Gasteiger partial charge in [0.05, 0.1) is 0 Å². The van der Waals surface area contributed by atoms with Crippen molar-refractivity contribution in [2.45, 2.75) is 20.5 Å². The highest BCUT2D eigenvalue weighted by atomic mass is 16.7. The molecule has 1 aromatic rings. The van der Waals surface area contributed by atoms with E-state index in [-0.39, 0.29) is 12.5 Å². The quantitative estimate of drug-likeness (QED) is 0.424. The van der Waals surface area contributed by atoms with E-state index in [4.69, 9.17) is 28.9 Å². The van der Waals surface area contributed by atoms with Crippen LogP contribution >= 0.6 is 0 Å². The predicted molar refractivity (Wildman–Crippen MR) is 112 cm³/mol. The van der Waals surface area contributed by atoms with E-state index < -0.39 is 0 Å². The number of oxime groups is 5. The molecule has 1 heterocycles. The Labute approximate surface area is 174 Å². The second-order valence-corrected chi connectivity index (χ2v) is 5.79. The Balaban J connectivity index is 2.23. The number of benzene rings is 1. The molecule has 0 radical (unpaired) electrons. The fraction of sp³-hybridized carbons (Fsp3) is 0.421. The molecule has 2 rings (SSSR count). The second kappa shape index (κ2) is 12.0. The van der Waals surface area contributed by atoms with Crippen molar-refractivity contribution in [3.05, 3.63) is 35.4 Å². The Morgan fingerprint density at radius 2 is 1.63 bits per heavy atom. The summed E-state index contributed by atoms with van der Waals surface area (Å²) in [4.78, 5) is 25.2. The highest BCUT2D eigenvalue weighted by Crippen LogP contribution is 2.15. The van der Waals surface area contributed by atoms with Crippen molar-refractivity contribution in [3.8, 4) is 0 Å². The number of nitrogens with zero attached hydrogens (tertiary/aromatic N) is 5. The highest BCUT2D eigenvalue weighted by Gasteiger charge is 2.21. The lowest BCUT2D eigenvalue weighted by Gasteiger charge is -2.16. The molecule has 30 heavy (non-hydrogen) atoms. The molecule has 0 aliphatic carbocycles. The molecule has 0 saturated carbocycles. The molecular weight excluding hydrogens is 394 g/mol. The third-order valence-electron chi connectivity index (χ3n) is 3.74. The van der Waals surface area contributed by atoms with Crippen LogP contribution in [0.4, 0.5) is 0 Å². The molecule has 0 saturated heterocycles. The topological polar surface area (TPSA) is 117 Å². The SMILES string of the molecule is CO/N=C(C)/C(=N\OC)C(/C)=N/OCc1ccccc1/C(=N\OC)C1=NOCCO1. The average Bonchev–Trinajstić information content (AvgIpc) is 2.77. The first-order chi connectivity index (χ1) is 14.6. The Morgan fingerprint density at radius 3 is 2.30 bits per heavy atom. The van der Waals surface area contributed by atoms with Crippen LogP contribution in [0.5, 0.6) is 0 Å². The first-order valence-electron chi connectivity index (χ1n) is 9.01. The number of hydrogen-bond donors (Lipinski definition) is 0. The normalized spacial score (nSPS) is 15.6. The predicted octanol–water partition coefficient (Wildman–Crippen LogP) is 2.31. The summed E-state index contributed by atoms with van der Waals surface area (Å²) in [6.45, 7) is 4.33. The molecule has 0 spiro atoms. The van der Waals surface area contributed by atoms with Crippen LogP contribution in [0.15, 0.2) is 50.0 Å². The van der Waals surface area contributed by atoms with Crippen LogP contribution < -0.4 is 0 Å². The van der Waals surface area contributed by atoms with Gasteiger partial charge >= 0.3 is 0 Å². The molecule has 0 atom stereocenters. The van der Waals surface area contributed by atoms with E-state index in [9.17, 15) is 0 Å². The van der Waals surface area contributed by atoms with Crippen molar-refractivity contribution in [3.63, 3.8) is 0 Å². The number of ether oxygens (including phenoxy) is 1. The van der Waals surface area contributed by atoms with E-state index >= 15 is 0 Å². The fourth-order valence-electron chi connectivity index (χ4n) is 2.50. The van der Waals surface area contributed by atoms with Crippen LogP contribution in [0.2, 0.25) is 0 Å². The molecule has 0 aromatic heterocycles. The summed E-state index contributed by atoms with van der Waals surface area (Å²) in [5.74, 6) is 0.233. The summed E-state index contributed by atoms with van der Waals surface area (Å²) in [6.07, 6.45) is 0. The van der Waals surface area contributed by atoms with Crippen LogP contribution in [0.3, 0.4) is 0 Å². The van der Waals surface area contributed by atoms with Crippen LogP contribution in [0, 0.1) is 0 Å². The zero-order valence-electron chi connectivity index (χ0n) is 17.6. The second-order valence-electron chi connectivity index (χ2n) is 5.79.